The van der Waals surface area contributed by atoms with Crippen LogP contribution >= 0.6 is 15.9 Å². The van der Waals surface area contributed by atoms with Crippen LogP contribution in [0.2, 0.25) is 0 Å². The van der Waals surface area contributed by atoms with E-state index < -0.39 is 0 Å². The summed E-state index contributed by atoms with van der Waals surface area (Å²) in [4.78, 5) is 14.7. The van der Waals surface area contributed by atoms with E-state index in [1.54, 1.807) is 12.1 Å². The average molecular weight is 348 g/mol. The lowest BCUT2D eigenvalue weighted by Gasteiger charge is -2.28. The first-order valence-corrected chi connectivity index (χ1v) is 8.04. The Kier molecular flexibility index (Phi) is 4.15. The first kappa shape index (κ1) is 14.4. The number of hydrogen-bond donors (Lipinski definition) is 0. The van der Waals surface area contributed by atoms with E-state index in [0.29, 0.717) is 22.9 Å². The van der Waals surface area contributed by atoms with Crippen LogP contribution in [0.15, 0.2) is 51.6 Å². The minimum atomic E-state index is -0.0380. The number of nitrogens with zero attached hydrogens (tertiary/aromatic N) is 1. The fraction of sp³-hybridized carbons (Fsp3) is 0.353. The van der Waals surface area contributed by atoms with E-state index in [1.807, 2.05) is 23.1 Å². The minimum Gasteiger partial charge on any atom is -0.444 e. The molecule has 1 saturated carbocycles. The van der Waals surface area contributed by atoms with Crippen LogP contribution in [0, 0.1) is 5.92 Å². The van der Waals surface area contributed by atoms with Gasteiger partial charge in [0.1, 0.15) is 0 Å². The topological polar surface area (TPSA) is 33.5 Å². The summed E-state index contributed by atoms with van der Waals surface area (Å²) in [5.74, 6) is 0.977. The maximum Gasteiger partial charge on any atom is 0.290 e. The molecular formula is C17H18BrNO2. The molecule has 21 heavy (non-hydrogen) atoms. The fourth-order valence-corrected chi connectivity index (χ4v) is 2.89. The van der Waals surface area contributed by atoms with E-state index in [2.05, 4.69) is 35.0 Å². The van der Waals surface area contributed by atoms with Crippen molar-refractivity contribution >= 4 is 21.8 Å². The maximum atomic E-state index is 12.7. The van der Waals surface area contributed by atoms with E-state index in [1.165, 1.54) is 12.8 Å². The number of benzene rings is 1. The number of halogens is 1. The van der Waals surface area contributed by atoms with Gasteiger partial charge in [-0.3, -0.25) is 4.79 Å². The number of carbonyl (C=O) groups is 1. The van der Waals surface area contributed by atoms with E-state index in [9.17, 15) is 4.79 Å². The highest BCUT2D eigenvalue weighted by Gasteiger charge is 2.35. The Labute approximate surface area is 133 Å². The van der Waals surface area contributed by atoms with Gasteiger partial charge in [-0.25, -0.2) is 0 Å². The molecule has 4 heteroatoms. The molecule has 1 aromatic heterocycles. The molecule has 0 spiro atoms. The van der Waals surface area contributed by atoms with E-state index >= 15 is 0 Å². The third-order valence-electron chi connectivity index (χ3n) is 4.04. The van der Waals surface area contributed by atoms with Gasteiger partial charge >= 0.3 is 0 Å². The van der Waals surface area contributed by atoms with Gasteiger partial charge in [0.25, 0.3) is 5.91 Å². The second-order valence-corrected chi connectivity index (χ2v) is 6.38. The highest BCUT2D eigenvalue weighted by Crippen LogP contribution is 2.36. The molecule has 1 atom stereocenters. The Morgan fingerprint density at radius 2 is 2.00 bits per heavy atom. The Morgan fingerprint density at radius 1 is 1.29 bits per heavy atom. The number of carbonyl (C=O) groups excluding carboxylic acids is 1. The molecule has 1 aliphatic carbocycles. The lowest BCUT2D eigenvalue weighted by molar-refractivity contribution is 0.0620. The molecule has 1 aliphatic rings. The van der Waals surface area contributed by atoms with E-state index in [0.717, 1.165) is 5.56 Å². The highest BCUT2D eigenvalue weighted by molar-refractivity contribution is 9.10. The predicted octanol–water partition coefficient (Wildman–Crippen LogP) is 4.48. The number of amides is 1. The van der Waals surface area contributed by atoms with Crippen molar-refractivity contribution < 1.29 is 9.21 Å². The van der Waals surface area contributed by atoms with Crippen LogP contribution in [0.1, 0.15) is 35.9 Å². The second-order valence-electron chi connectivity index (χ2n) is 5.60. The first-order valence-electron chi connectivity index (χ1n) is 7.25. The van der Waals surface area contributed by atoms with Crippen LogP contribution in [0.4, 0.5) is 0 Å². The van der Waals surface area contributed by atoms with Gasteiger partial charge in [0.15, 0.2) is 10.4 Å². The zero-order valence-electron chi connectivity index (χ0n) is 12.0. The maximum absolute atomic E-state index is 12.7. The molecule has 3 rings (SSSR count). The van der Waals surface area contributed by atoms with Crippen LogP contribution in [0.3, 0.4) is 0 Å². The summed E-state index contributed by atoms with van der Waals surface area (Å²) in [6.07, 6.45) is 2.42. The van der Waals surface area contributed by atoms with Crippen molar-refractivity contribution in [1.29, 1.82) is 0 Å². The lowest BCUT2D eigenvalue weighted by atomic mass is 10.1. The number of furan rings is 1. The molecule has 110 valence electrons. The molecule has 0 N–H and O–H groups in total. The monoisotopic (exact) mass is 347 g/mol. The molecule has 0 bridgehead atoms. The summed E-state index contributed by atoms with van der Waals surface area (Å²) in [6, 6.07) is 13.8. The molecule has 0 saturated heterocycles. The average Bonchev–Trinajstić information content (AvgIpc) is 3.26. The van der Waals surface area contributed by atoms with Crippen LogP contribution in [0.5, 0.6) is 0 Å². The fourth-order valence-electron chi connectivity index (χ4n) is 2.58. The Balaban J connectivity index is 1.83. The minimum absolute atomic E-state index is 0.0380. The molecule has 1 fully saturated rings. The number of rotatable bonds is 5. The zero-order valence-corrected chi connectivity index (χ0v) is 13.5. The SMILES string of the molecule is CC(C1CC1)N(Cc1ccccc1)C(=O)c1ccc(Br)o1. The van der Waals surface area contributed by atoms with Crippen molar-refractivity contribution in [3.63, 3.8) is 0 Å². The lowest BCUT2D eigenvalue weighted by Crippen LogP contribution is -2.39. The summed E-state index contributed by atoms with van der Waals surface area (Å²) < 4.78 is 6.03. The Bertz CT molecular complexity index is 619. The summed E-state index contributed by atoms with van der Waals surface area (Å²) >= 11 is 3.26. The smallest absolute Gasteiger partial charge is 0.290 e. The Morgan fingerprint density at radius 3 is 2.57 bits per heavy atom. The normalized spacial score (nSPS) is 15.7. The van der Waals surface area contributed by atoms with Crippen LogP contribution in [-0.2, 0) is 6.54 Å². The largest absolute Gasteiger partial charge is 0.444 e. The van der Waals surface area contributed by atoms with Gasteiger partial charge in [0.05, 0.1) is 0 Å². The molecule has 1 amide bonds. The van der Waals surface area contributed by atoms with Crippen LogP contribution in [0.25, 0.3) is 0 Å². The summed E-state index contributed by atoms with van der Waals surface area (Å²) in [6.45, 7) is 2.76. The van der Waals surface area contributed by atoms with Crippen molar-refractivity contribution in [3.05, 3.63) is 58.5 Å². The molecular weight excluding hydrogens is 330 g/mol. The van der Waals surface area contributed by atoms with Crippen LogP contribution < -0.4 is 0 Å². The van der Waals surface area contributed by atoms with Gasteiger partial charge in [0, 0.05) is 12.6 Å². The van der Waals surface area contributed by atoms with Gasteiger partial charge in [-0.2, -0.15) is 0 Å². The molecule has 1 heterocycles. The quantitative estimate of drug-likeness (QED) is 0.798. The zero-order chi connectivity index (χ0) is 14.8. The van der Waals surface area contributed by atoms with E-state index in [4.69, 9.17) is 4.42 Å². The van der Waals surface area contributed by atoms with Gasteiger partial charge in [-0.1, -0.05) is 30.3 Å². The second kappa shape index (κ2) is 6.06. The van der Waals surface area contributed by atoms with Gasteiger partial charge in [0.2, 0.25) is 0 Å². The third-order valence-corrected chi connectivity index (χ3v) is 4.46. The molecule has 1 aromatic carbocycles. The summed E-state index contributed by atoms with van der Waals surface area (Å²) in [5.41, 5.74) is 1.14. The van der Waals surface area contributed by atoms with Gasteiger partial charge in [-0.05, 0) is 59.3 Å². The van der Waals surface area contributed by atoms with Crippen molar-refractivity contribution in [2.75, 3.05) is 0 Å². The van der Waals surface area contributed by atoms with Crippen molar-refractivity contribution in [2.24, 2.45) is 5.92 Å². The standard InChI is InChI=1S/C17H18BrNO2/c1-12(14-7-8-14)19(11-13-5-3-2-4-6-13)17(20)15-9-10-16(18)21-15/h2-6,9-10,12,14H,7-8,11H2,1H3. The third kappa shape index (κ3) is 3.38. The molecule has 2 aromatic rings. The van der Waals surface area contributed by atoms with E-state index in [-0.39, 0.29) is 11.9 Å². The predicted molar refractivity (Wildman–Crippen MR) is 84.9 cm³/mol. The molecule has 3 nitrogen and oxygen atoms in total. The molecule has 0 aliphatic heterocycles. The summed E-state index contributed by atoms with van der Waals surface area (Å²) in [5, 5.41) is 0. The molecule has 0 radical (unpaired) electrons. The van der Waals surface area contributed by atoms with Crippen molar-refractivity contribution in [3.8, 4) is 0 Å². The van der Waals surface area contributed by atoms with Crippen molar-refractivity contribution in [1.82, 2.24) is 4.90 Å². The first-order chi connectivity index (χ1) is 10.1. The summed E-state index contributed by atoms with van der Waals surface area (Å²) in [7, 11) is 0. The van der Waals surface area contributed by atoms with Gasteiger partial charge in [-0.15, -0.1) is 0 Å². The Hall–Kier alpha value is -1.55. The number of hydrogen-bond acceptors (Lipinski definition) is 2. The van der Waals surface area contributed by atoms with Crippen molar-refractivity contribution in [2.45, 2.75) is 32.4 Å². The van der Waals surface area contributed by atoms with Crippen LogP contribution in [-0.4, -0.2) is 16.8 Å². The highest BCUT2D eigenvalue weighted by atomic mass is 79.9. The molecule has 1 unspecified atom stereocenters. The van der Waals surface area contributed by atoms with Gasteiger partial charge < -0.3 is 9.32 Å².